The molecule has 0 radical (unpaired) electrons. The highest BCUT2D eigenvalue weighted by molar-refractivity contribution is 6.18. The fourth-order valence-electron chi connectivity index (χ4n) is 5.96. The predicted molar refractivity (Wildman–Crippen MR) is 210 cm³/mol. The van der Waals surface area contributed by atoms with Crippen LogP contribution in [0.1, 0.15) is 46.0 Å². The van der Waals surface area contributed by atoms with Gasteiger partial charge in [0.1, 0.15) is 0 Å². The van der Waals surface area contributed by atoms with E-state index in [1.54, 1.807) is 6.92 Å². The lowest BCUT2D eigenvalue weighted by atomic mass is 10.1. The van der Waals surface area contributed by atoms with Crippen LogP contribution in [0.3, 0.4) is 0 Å². The van der Waals surface area contributed by atoms with Gasteiger partial charge in [-0.05, 0) is 51.0 Å². The summed E-state index contributed by atoms with van der Waals surface area (Å²) in [5, 5.41) is 0. The van der Waals surface area contributed by atoms with Gasteiger partial charge >= 0.3 is 11.9 Å². The van der Waals surface area contributed by atoms with Crippen LogP contribution in [0.4, 0.5) is 0 Å². The summed E-state index contributed by atoms with van der Waals surface area (Å²) >= 11 is 5.55. The van der Waals surface area contributed by atoms with Gasteiger partial charge in [-0.25, -0.2) is 9.59 Å². The van der Waals surface area contributed by atoms with Crippen LogP contribution in [-0.2, 0) is 25.5 Å². The quantitative estimate of drug-likeness (QED) is 0.128. The number of ether oxygens (including phenoxy) is 4. The number of aryl methyl sites for hydroxylation is 1. The summed E-state index contributed by atoms with van der Waals surface area (Å²) in [5.41, 5.74) is 7.23. The fraction of sp³-hybridized carbons (Fsp3) is 0.450. The zero-order valence-electron chi connectivity index (χ0n) is 30.9. The van der Waals surface area contributed by atoms with E-state index in [2.05, 4.69) is 31.5 Å². The van der Waals surface area contributed by atoms with Crippen molar-refractivity contribution in [2.45, 2.75) is 34.2 Å². The van der Waals surface area contributed by atoms with Crippen molar-refractivity contribution in [2.24, 2.45) is 0 Å². The second kappa shape index (κ2) is 23.1. The number of morpholine rings is 2. The minimum Gasteiger partial charge on any atom is -0.462 e. The Hall–Kier alpha value is -3.64. The number of nitrogens with zero attached hydrogens (tertiary/aromatic N) is 3. The maximum atomic E-state index is 12.3. The van der Waals surface area contributed by atoms with Crippen LogP contribution in [0, 0.1) is 13.8 Å². The Labute approximate surface area is 319 Å². The number of carbonyl (C=O) groups excluding carboxylic acids is 2. The van der Waals surface area contributed by atoms with Gasteiger partial charge in [0.2, 0.25) is 0 Å². The molecule has 6 rings (SSSR count). The van der Waals surface area contributed by atoms with Gasteiger partial charge in [-0.3, -0.25) is 9.80 Å². The van der Waals surface area contributed by atoms with Crippen molar-refractivity contribution >= 4 is 35.9 Å². The van der Waals surface area contributed by atoms with Crippen LogP contribution in [0.2, 0.25) is 0 Å². The molecule has 12 heteroatoms. The molecule has 2 fully saturated rings. The number of carbonyl (C=O) groups is 2. The number of rotatable bonds is 11. The first-order chi connectivity index (χ1) is 24.9. The topological polar surface area (TPSA) is 98.3 Å². The molecule has 0 aliphatic carbocycles. The number of hydrogen-bond acceptors (Lipinski definition) is 8. The van der Waals surface area contributed by atoms with E-state index in [1.165, 1.54) is 0 Å². The Kier molecular flexibility index (Phi) is 19.0. The van der Waals surface area contributed by atoms with Crippen LogP contribution in [-0.4, -0.2) is 116 Å². The van der Waals surface area contributed by atoms with E-state index in [-0.39, 0.29) is 24.3 Å². The standard InChI is InChI=1S/C20H26N2O3.C14H15NO2.C6H12ClNO.ClH/c1-3-25-20(23)18-15-19(17-7-5-4-6-8-17)22(16(18)2)10-9-21-11-13-24-14-12-21;1-3-17-14(16)12-9-13(15-10(12)2)11-7-5-4-6-8-11;7-1-2-8-3-5-9-6-4-8;/h4-8,15H,3,9-14H2,1-2H3;4-9,15H,3H2,1-2H3;1-6H2;1H. The number of H-pyrrole nitrogens is 1. The summed E-state index contributed by atoms with van der Waals surface area (Å²) in [5.74, 6) is 0.214. The number of halogens is 2. The van der Waals surface area contributed by atoms with Gasteiger partial charge in [-0.2, -0.15) is 0 Å². The Morgan fingerprint density at radius 3 is 1.73 bits per heavy atom. The number of nitrogens with one attached hydrogen (secondary N) is 1. The van der Waals surface area contributed by atoms with E-state index in [0.29, 0.717) is 24.3 Å². The van der Waals surface area contributed by atoms with Crippen molar-refractivity contribution in [3.05, 3.63) is 95.3 Å². The average Bonchev–Trinajstić information content (AvgIpc) is 3.72. The van der Waals surface area contributed by atoms with Crippen molar-refractivity contribution in [2.75, 3.05) is 84.8 Å². The van der Waals surface area contributed by atoms with Crippen LogP contribution in [0.15, 0.2) is 72.8 Å². The molecule has 2 saturated heterocycles. The van der Waals surface area contributed by atoms with Gasteiger partial charge in [0.15, 0.2) is 0 Å². The molecule has 2 aromatic heterocycles. The fourth-order valence-corrected chi connectivity index (χ4v) is 6.20. The first-order valence-electron chi connectivity index (χ1n) is 17.9. The summed E-state index contributed by atoms with van der Waals surface area (Å²) in [6.07, 6.45) is 0. The molecule has 4 heterocycles. The number of esters is 2. The van der Waals surface area contributed by atoms with E-state index < -0.39 is 0 Å². The van der Waals surface area contributed by atoms with E-state index in [1.807, 2.05) is 81.4 Å². The number of hydrogen-bond donors (Lipinski definition) is 1. The summed E-state index contributed by atoms with van der Waals surface area (Å²) in [6, 6.07) is 23.9. The van der Waals surface area contributed by atoms with Gasteiger partial charge in [-0.1, -0.05) is 60.7 Å². The van der Waals surface area contributed by atoms with Crippen molar-refractivity contribution in [1.82, 2.24) is 19.4 Å². The number of alkyl halides is 1. The van der Waals surface area contributed by atoms with Gasteiger partial charge in [0, 0.05) is 74.5 Å². The molecular weight excluding hydrogens is 703 g/mol. The van der Waals surface area contributed by atoms with E-state index >= 15 is 0 Å². The molecule has 2 aliphatic heterocycles. The molecule has 0 saturated carbocycles. The number of aromatic nitrogens is 2. The largest absolute Gasteiger partial charge is 0.462 e. The second-order valence-electron chi connectivity index (χ2n) is 12.2. The SMILES string of the molecule is CCOC(=O)c1cc(-c2ccccc2)[nH]c1C.CCOC(=O)c1cc(-c2ccccc2)n(CCN2CCOCC2)c1C.Cl.ClCCN1CCOCC1. The lowest BCUT2D eigenvalue weighted by molar-refractivity contribution is 0.0364. The van der Waals surface area contributed by atoms with Gasteiger partial charge in [0.05, 0.1) is 50.8 Å². The zero-order valence-corrected chi connectivity index (χ0v) is 32.5. The highest BCUT2D eigenvalue weighted by Crippen LogP contribution is 2.27. The molecule has 2 aromatic carbocycles. The first kappa shape index (κ1) is 42.8. The smallest absolute Gasteiger partial charge is 0.339 e. The monoisotopic (exact) mass is 756 g/mol. The van der Waals surface area contributed by atoms with Crippen LogP contribution in [0.25, 0.3) is 22.5 Å². The van der Waals surface area contributed by atoms with Crippen molar-refractivity contribution < 1.29 is 28.5 Å². The van der Waals surface area contributed by atoms with Crippen LogP contribution >= 0.6 is 24.0 Å². The predicted octanol–water partition coefficient (Wildman–Crippen LogP) is 7.12. The molecular formula is C40H54Cl2N4O6. The van der Waals surface area contributed by atoms with Crippen molar-refractivity contribution in [3.63, 3.8) is 0 Å². The molecule has 52 heavy (non-hydrogen) atoms. The molecule has 0 unspecified atom stereocenters. The minimum absolute atomic E-state index is 0. The molecule has 1 N–H and O–H groups in total. The summed E-state index contributed by atoms with van der Waals surface area (Å²) in [4.78, 5) is 31.9. The minimum atomic E-state index is -0.275. The average molecular weight is 758 g/mol. The van der Waals surface area contributed by atoms with E-state index in [0.717, 1.165) is 112 Å². The molecule has 0 atom stereocenters. The molecule has 0 amide bonds. The maximum Gasteiger partial charge on any atom is 0.339 e. The van der Waals surface area contributed by atoms with Crippen molar-refractivity contribution in [1.29, 1.82) is 0 Å². The summed E-state index contributed by atoms with van der Waals surface area (Å²) in [6.45, 7) is 18.4. The van der Waals surface area contributed by atoms with E-state index in [9.17, 15) is 9.59 Å². The van der Waals surface area contributed by atoms with Crippen LogP contribution in [0.5, 0.6) is 0 Å². The number of benzene rings is 2. The number of aromatic amines is 1. The molecule has 4 aromatic rings. The molecule has 10 nitrogen and oxygen atoms in total. The third-order valence-electron chi connectivity index (χ3n) is 8.77. The molecule has 0 bridgehead atoms. The normalized spacial score (nSPS) is 14.6. The van der Waals surface area contributed by atoms with Crippen LogP contribution < -0.4 is 0 Å². The second-order valence-corrected chi connectivity index (χ2v) is 12.5. The molecule has 2 aliphatic rings. The van der Waals surface area contributed by atoms with E-state index in [4.69, 9.17) is 30.5 Å². The molecule has 284 valence electrons. The van der Waals surface area contributed by atoms with Gasteiger partial charge < -0.3 is 28.5 Å². The van der Waals surface area contributed by atoms with Gasteiger partial charge in [-0.15, -0.1) is 24.0 Å². The lowest BCUT2D eigenvalue weighted by Gasteiger charge is -2.27. The Bertz CT molecular complexity index is 1610. The van der Waals surface area contributed by atoms with Crippen molar-refractivity contribution in [3.8, 4) is 22.5 Å². The van der Waals surface area contributed by atoms with Gasteiger partial charge in [0.25, 0.3) is 0 Å². The maximum absolute atomic E-state index is 12.3. The Morgan fingerprint density at radius 1 is 0.712 bits per heavy atom. The molecule has 0 spiro atoms. The Balaban J connectivity index is 0.000000233. The third-order valence-corrected chi connectivity index (χ3v) is 8.94. The zero-order chi connectivity index (χ0) is 36.4. The first-order valence-corrected chi connectivity index (χ1v) is 18.4. The lowest BCUT2D eigenvalue weighted by Crippen LogP contribution is -2.38. The summed E-state index contributed by atoms with van der Waals surface area (Å²) in [7, 11) is 0. The summed E-state index contributed by atoms with van der Waals surface area (Å²) < 4.78 is 23.0. The third kappa shape index (κ3) is 12.8. The Morgan fingerprint density at radius 2 is 1.21 bits per heavy atom. The highest BCUT2D eigenvalue weighted by Gasteiger charge is 2.20. The highest BCUT2D eigenvalue weighted by atomic mass is 35.5.